The minimum absolute atomic E-state index is 0. The Morgan fingerprint density at radius 3 is 2.70 bits per heavy atom. The van der Waals surface area contributed by atoms with Gasteiger partial charge in [-0.3, -0.25) is 0 Å². The highest BCUT2D eigenvalue weighted by atomic mass is 127. The van der Waals surface area contributed by atoms with Crippen LogP contribution in [0.25, 0.3) is 5.69 Å². The molecule has 3 rings (SSSR count). The Labute approximate surface area is 179 Å². The monoisotopic (exact) mass is 499 g/mol. The van der Waals surface area contributed by atoms with Crippen LogP contribution >= 0.6 is 35.3 Å². The van der Waals surface area contributed by atoms with Crippen LogP contribution in [0, 0.1) is 5.82 Å². The molecule has 0 spiro atoms. The summed E-state index contributed by atoms with van der Waals surface area (Å²) < 4.78 is 14.8. The largest absolute Gasteiger partial charge is 0.357 e. The van der Waals surface area contributed by atoms with Crippen molar-refractivity contribution in [3.8, 4) is 5.69 Å². The van der Waals surface area contributed by atoms with Crippen LogP contribution in [-0.2, 0) is 13.0 Å². The van der Waals surface area contributed by atoms with E-state index in [4.69, 9.17) is 0 Å². The van der Waals surface area contributed by atoms with Crippen molar-refractivity contribution in [3.05, 3.63) is 70.4 Å². The summed E-state index contributed by atoms with van der Waals surface area (Å²) in [5.74, 6) is 0.557. The summed E-state index contributed by atoms with van der Waals surface area (Å²) in [5.41, 5.74) is 1.81. The van der Waals surface area contributed by atoms with E-state index in [2.05, 4.69) is 32.2 Å². The fourth-order valence-corrected chi connectivity index (χ4v) is 3.07. The molecule has 0 saturated carbocycles. The second-order valence-electron chi connectivity index (χ2n) is 5.68. The second-order valence-corrected chi connectivity index (χ2v) is 6.71. The average molecular weight is 499 g/mol. The first-order valence-electron chi connectivity index (χ1n) is 8.59. The maximum absolute atomic E-state index is 13.0. The molecule has 0 amide bonds. The molecule has 0 aliphatic carbocycles. The minimum Gasteiger partial charge on any atom is -0.357 e. The number of aliphatic imine (C=N–C) groups is 1. The van der Waals surface area contributed by atoms with E-state index >= 15 is 0 Å². The average Bonchev–Trinajstić information content (AvgIpc) is 3.32. The summed E-state index contributed by atoms with van der Waals surface area (Å²) in [5, 5.41) is 13.2. The van der Waals surface area contributed by atoms with Gasteiger partial charge in [0, 0.05) is 30.6 Å². The molecule has 8 heteroatoms. The number of nitrogens with zero attached hydrogens (tertiary/aromatic N) is 3. The van der Waals surface area contributed by atoms with E-state index in [9.17, 15) is 4.39 Å². The molecule has 0 saturated heterocycles. The molecule has 0 aliphatic rings. The Morgan fingerprint density at radius 2 is 2.00 bits per heavy atom. The van der Waals surface area contributed by atoms with E-state index in [1.165, 1.54) is 17.0 Å². The number of nitrogens with one attached hydrogen (secondary N) is 2. The number of rotatable bonds is 7. The van der Waals surface area contributed by atoms with Crippen molar-refractivity contribution in [2.45, 2.75) is 19.9 Å². The van der Waals surface area contributed by atoms with Gasteiger partial charge >= 0.3 is 0 Å². The Morgan fingerprint density at radius 1 is 1.19 bits per heavy atom. The van der Waals surface area contributed by atoms with Crippen molar-refractivity contribution < 1.29 is 4.39 Å². The molecular formula is C19H23FIN5S. The van der Waals surface area contributed by atoms with Crippen LogP contribution in [0.5, 0.6) is 0 Å². The van der Waals surface area contributed by atoms with Crippen molar-refractivity contribution in [1.29, 1.82) is 0 Å². The fourth-order valence-electron chi connectivity index (χ4n) is 2.44. The van der Waals surface area contributed by atoms with E-state index in [0.29, 0.717) is 6.54 Å². The number of guanidine groups is 1. The molecule has 0 aliphatic heterocycles. The molecule has 0 fully saturated rings. The number of benzene rings is 1. The van der Waals surface area contributed by atoms with Crippen LogP contribution in [0.4, 0.5) is 4.39 Å². The molecule has 0 unspecified atom stereocenters. The Kier molecular flexibility index (Phi) is 8.73. The van der Waals surface area contributed by atoms with Gasteiger partial charge in [0.15, 0.2) is 5.96 Å². The molecule has 2 heterocycles. The van der Waals surface area contributed by atoms with E-state index < -0.39 is 0 Å². The van der Waals surface area contributed by atoms with Crippen molar-refractivity contribution >= 4 is 41.3 Å². The number of halogens is 2. The van der Waals surface area contributed by atoms with Gasteiger partial charge in [-0.2, -0.15) is 5.10 Å². The first-order chi connectivity index (χ1) is 12.7. The standard InChI is InChI=1S/C19H22FN5S.HI/c1-2-21-19(23-14-18-4-3-13-26-18)22-11-9-16-10-12-25(24-16)17-7-5-15(20)6-8-17;/h3-8,10,12-13H,2,9,11,14H2,1H3,(H2,21,22,23);1H. The first kappa shape index (κ1) is 21.4. The van der Waals surface area contributed by atoms with Gasteiger partial charge in [-0.15, -0.1) is 35.3 Å². The summed E-state index contributed by atoms with van der Waals surface area (Å²) in [4.78, 5) is 5.83. The molecule has 2 N–H and O–H groups in total. The maximum Gasteiger partial charge on any atom is 0.191 e. The van der Waals surface area contributed by atoms with Crippen LogP contribution in [0.1, 0.15) is 17.5 Å². The van der Waals surface area contributed by atoms with E-state index in [1.807, 2.05) is 25.3 Å². The van der Waals surface area contributed by atoms with E-state index in [-0.39, 0.29) is 29.8 Å². The maximum atomic E-state index is 13.0. The van der Waals surface area contributed by atoms with Gasteiger partial charge < -0.3 is 10.6 Å². The summed E-state index contributed by atoms with van der Waals surface area (Å²) in [6.07, 6.45) is 2.66. The summed E-state index contributed by atoms with van der Waals surface area (Å²) in [6.45, 7) is 4.27. The van der Waals surface area contributed by atoms with Gasteiger partial charge in [-0.05, 0) is 48.7 Å². The Bertz CT molecular complexity index is 830. The number of aromatic nitrogens is 2. The molecule has 1 aromatic carbocycles. The fraction of sp³-hybridized carbons (Fsp3) is 0.263. The third-order valence-electron chi connectivity index (χ3n) is 3.73. The van der Waals surface area contributed by atoms with E-state index in [1.54, 1.807) is 28.2 Å². The lowest BCUT2D eigenvalue weighted by atomic mass is 10.3. The molecule has 0 radical (unpaired) electrons. The SMILES string of the molecule is CCNC(=NCc1cccs1)NCCc1ccn(-c2ccc(F)cc2)n1.I. The molecule has 0 bridgehead atoms. The van der Waals surface area contributed by atoms with E-state index in [0.717, 1.165) is 36.9 Å². The van der Waals surface area contributed by atoms with Crippen molar-refractivity contribution in [1.82, 2.24) is 20.4 Å². The third-order valence-corrected chi connectivity index (χ3v) is 4.59. The zero-order chi connectivity index (χ0) is 18.2. The van der Waals surface area contributed by atoms with Crippen LogP contribution < -0.4 is 10.6 Å². The minimum atomic E-state index is -0.247. The molecule has 2 aromatic heterocycles. The lowest BCUT2D eigenvalue weighted by Crippen LogP contribution is -2.38. The molecule has 0 atom stereocenters. The van der Waals surface area contributed by atoms with Gasteiger partial charge in [-0.1, -0.05) is 6.07 Å². The lowest BCUT2D eigenvalue weighted by Gasteiger charge is -2.10. The first-order valence-corrected chi connectivity index (χ1v) is 9.47. The van der Waals surface area contributed by atoms with Gasteiger partial charge in [0.25, 0.3) is 0 Å². The van der Waals surface area contributed by atoms with Crippen molar-refractivity contribution in [2.75, 3.05) is 13.1 Å². The third kappa shape index (κ3) is 6.62. The Hall–Kier alpha value is -1.94. The van der Waals surface area contributed by atoms with Gasteiger partial charge in [-0.25, -0.2) is 14.1 Å². The summed E-state index contributed by atoms with van der Waals surface area (Å²) in [7, 11) is 0. The number of hydrogen-bond donors (Lipinski definition) is 2. The van der Waals surface area contributed by atoms with Gasteiger partial charge in [0.1, 0.15) is 5.82 Å². The molecular weight excluding hydrogens is 476 g/mol. The van der Waals surface area contributed by atoms with Crippen molar-refractivity contribution in [3.63, 3.8) is 0 Å². The van der Waals surface area contributed by atoms with Gasteiger partial charge in [0.05, 0.1) is 17.9 Å². The van der Waals surface area contributed by atoms with Crippen molar-refractivity contribution in [2.24, 2.45) is 4.99 Å². The highest BCUT2D eigenvalue weighted by molar-refractivity contribution is 14.0. The topological polar surface area (TPSA) is 54.2 Å². The zero-order valence-electron chi connectivity index (χ0n) is 15.1. The summed E-state index contributed by atoms with van der Waals surface area (Å²) >= 11 is 1.71. The molecule has 5 nitrogen and oxygen atoms in total. The highest BCUT2D eigenvalue weighted by Gasteiger charge is 2.03. The van der Waals surface area contributed by atoms with Crippen LogP contribution in [0.3, 0.4) is 0 Å². The second kappa shape index (κ2) is 11.0. The van der Waals surface area contributed by atoms with Crippen LogP contribution in [-0.4, -0.2) is 28.8 Å². The van der Waals surface area contributed by atoms with Crippen LogP contribution in [0.15, 0.2) is 59.0 Å². The predicted molar refractivity (Wildman–Crippen MR) is 120 cm³/mol. The lowest BCUT2D eigenvalue weighted by molar-refractivity contribution is 0.627. The number of thiophene rings is 1. The normalized spacial score (nSPS) is 11.1. The summed E-state index contributed by atoms with van der Waals surface area (Å²) in [6, 6.07) is 12.4. The number of hydrogen-bond acceptors (Lipinski definition) is 3. The van der Waals surface area contributed by atoms with Gasteiger partial charge in [0.2, 0.25) is 0 Å². The Balaban J connectivity index is 0.00000261. The molecule has 144 valence electrons. The quantitative estimate of drug-likeness (QED) is 0.294. The highest BCUT2D eigenvalue weighted by Crippen LogP contribution is 2.10. The zero-order valence-corrected chi connectivity index (χ0v) is 18.2. The predicted octanol–water partition coefficient (Wildman–Crippen LogP) is 3.99. The molecule has 27 heavy (non-hydrogen) atoms. The smallest absolute Gasteiger partial charge is 0.191 e. The van der Waals surface area contributed by atoms with Crippen LogP contribution in [0.2, 0.25) is 0 Å². The molecule has 3 aromatic rings.